The minimum atomic E-state index is -4.19. The first-order valence-electron chi connectivity index (χ1n) is 12.1. The van der Waals surface area contributed by atoms with Gasteiger partial charge in [0, 0.05) is 11.6 Å². The van der Waals surface area contributed by atoms with E-state index in [1.165, 1.54) is 54.6 Å². The van der Waals surface area contributed by atoms with Crippen molar-refractivity contribution in [2.75, 3.05) is 17.8 Å². The third-order valence-electron chi connectivity index (χ3n) is 6.03. The molecule has 0 aromatic heterocycles. The number of anilines is 1. The summed E-state index contributed by atoms with van der Waals surface area (Å²) in [6.45, 7) is 0.637. The van der Waals surface area contributed by atoms with Crippen molar-refractivity contribution in [1.29, 1.82) is 0 Å². The van der Waals surface area contributed by atoms with Crippen molar-refractivity contribution in [2.45, 2.75) is 36.6 Å². The highest BCUT2D eigenvalue weighted by molar-refractivity contribution is 7.92. The second-order valence-electron chi connectivity index (χ2n) is 8.83. The molecule has 1 aliphatic rings. The Balaban J connectivity index is 1.41. The lowest BCUT2D eigenvalue weighted by Crippen LogP contribution is -2.42. The molecule has 200 valence electrons. The summed E-state index contributed by atoms with van der Waals surface area (Å²) in [5.74, 6) is -1.55. The Hall–Kier alpha value is -3.83. The number of Topliss-reactive ketones (excluding diaryl/α,β-unsaturated/α-hetero) is 1. The smallest absolute Gasteiger partial charge is 0.262 e. The number of halogens is 2. The molecule has 1 amide bonds. The van der Waals surface area contributed by atoms with E-state index >= 15 is 0 Å². The van der Waals surface area contributed by atoms with Crippen LogP contribution in [0.25, 0.3) is 0 Å². The summed E-state index contributed by atoms with van der Waals surface area (Å²) in [6.07, 6.45) is 3.77. The van der Waals surface area contributed by atoms with Gasteiger partial charge in [-0.15, -0.1) is 0 Å². The van der Waals surface area contributed by atoms with Gasteiger partial charge in [0.15, 0.2) is 11.5 Å². The van der Waals surface area contributed by atoms with Gasteiger partial charge < -0.3 is 15.4 Å². The summed E-state index contributed by atoms with van der Waals surface area (Å²) < 4.78 is 60.9. The molecule has 1 unspecified atom stereocenters. The van der Waals surface area contributed by atoms with Gasteiger partial charge in [-0.05, 0) is 80.1 Å². The number of carbonyl (C=O) groups is 2. The lowest BCUT2D eigenvalue weighted by Gasteiger charge is -2.15. The molecule has 0 aliphatic carbocycles. The quantitative estimate of drug-likeness (QED) is 0.369. The molecular weight excluding hydrogens is 516 g/mol. The summed E-state index contributed by atoms with van der Waals surface area (Å²) in [7, 11) is -4.19. The van der Waals surface area contributed by atoms with Gasteiger partial charge >= 0.3 is 0 Å². The van der Waals surface area contributed by atoms with Crippen LogP contribution in [0.5, 0.6) is 11.5 Å². The van der Waals surface area contributed by atoms with Crippen molar-refractivity contribution in [3.63, 3.8) is 0 Å². The van der Waals surface area contributed by atoms with Crippen LogP contribution in [0.4, 0.5) is 14.5 Å². The predicted octanol–water partition coefficient (Wildman–Crippen LogP) is 4.39. The van der Waals surface area contributed by atoms with Crippen molar-refractivity contribution in [1.82, 2.24) is 10.6 Å². The molecule has 1 atom stereocenters. The van der Waals surface area contributed by atoms with Crippen LogP contribution >= 0.6 is 0 Å². The summed E-state index contributed by atoms with van der Waals surface area (Å²) in [5, 5.41) is 5.77. The molecule has 0 bridgehead atoms. The minimum Gasteiger partial charge on any atom is -0.455 e. The van der Waals surface area contributed by atoms with E-state index in [0.717, 1.165) is 44.4 Å². The molecule has 0 saturated carbocycles. The van der Waals surface area contributed by atoms with Crippen LogP contribution in [0.15, 0.2) is 71.6 Å². The molecule has 1 fully saturated rings. The molecule has 38 heavy (non-hydrogen) atoms. The molecule has 3 aromatic rings. The standard InChI is InChI=1S/C27H27F2N3O5S/c28-19-7-10-21(11-8-19)37-26-14-9-20(29)16-24(26)32-38(35,36)22-12-5-18(6-13-22)27(34)31-17-25(33)23-4-2-1-3-15-30-23/h5-14,16,23,30,32H,1-4,15,17H2,(H,31,34). The first-order chi connectivity index (χ1) is 18.2. The van der Waals surface area contributed by atoms with Gasteiger partial charge in [-0.25, -0.2) is 17.2 Å². The lowest BCUT2D eigenvalue weighted by atomic mass is 10.1. The van der Waals surface area contributed by atoms with Gasteiger partial charge in [0.25, 0.3) is 15.9 Å². The van der Waals surface area contributed by atoms with Crippen LogP contribution in [-0.2, 0) is 14.8 Å². The third kappa shape index (κ3) is 7.14. The fourth-order valence-electron chi connectivity index (χ4n) is 3.99. The Bertz CT molecular complexity index is 1390. The third-order valence-corrected chi connectivity index (χ3v) is 7.41. The SMILES string of the molecule is O=C(NCC(=O)C1CCCCCN1)c1ccc(S(=O)(=O)Nc2cc(F)ccc2Oc2ccc(F)cc2)cc1. The average Bonchev–Trinajstić information content (AvgIpc) is 3.20. The second-order valence-corrected chi connectivity index (χ2v) is 10.5. The lowest BCUT2D eigenvalue weighted by molar-refractivity contribution is -0.120. The van der Waals surface area contributed by atoms with E-state index in [0.29, 0.717) is 0 Å². The number of hydrogen-bond acceptors (Lipinski definition) is 6. The van der Waals surface area contributed by atoms with Gasteiger partial charge in [-0.2, -0.15) is 0 Å². The van der Waals surface area contributed by atoms with E-state index in [1.54, 1.807) is 0 Å². The number of ether oxygens (including phenoxy) is 1. The van der Waals surface area contributed by atoms with Gasteiger partial charge in [-0.3, -0.25) is 14.3 Å². The fraction of sp³-hybridized carbons (Fsp3) is 0.259. The summed E-state index contributed by atoms with van der Waals surface area (Å²) in [6, 6.07) is 13.2. The molecular formula is C27H27F2N3O5S. The van der Waals surface area contributed by atoms with Gasteiger partial charge in [0.05, 0.1) is 23.2 Å². The maximum atomic E-state index is 13.9. The van der Waals surface area contributed by atoms with Crippen LogP contribution in [0.1, 0.15) is 36.0 Å². The minimum absolute atomic E-state index is 0.00501. The summed E-state index contributed by atoms with van der Waals surface area (Å²) >= 11 is 0. The van der Waals surface area contributed by atoms with Crippen molar-refractivity contribution < 1.29 is 31.5 Å². The molecule has 3 N–H and O–H groups in total. The number of amides is 1. The van der Waals surface area contributed by atoms with Crippen LogP contribution in [0.2, 0.25) is 0 Å². The fourth-order valence-corrected chi connectivity index (χ4v) is 5.05. The topological polar surface area (TPSA) is 114 Å². The summed E-state index contributed by atoms with van der Waals surface area (Å²) in [4.78, 5) is 24.7. The molecule has 4 rings (SSSR count). The summed E-state index contributed by atoms with van der Waals surface area (Å²) in [5.41, 5.74) is 0.0124. The molecule has 1 aliphatic heterocycles. The molecule has 1 saturated heterocycles. The number of benzene rings is 3. The Morgan fingerprint density at radius 3 is 2.37 bits per heavy atom. The van der Waals surface area contributed by atoms with E-state index in [1.807, 2.05) is 0 Å². The Morgan fingerprint density at radius 2 is 1.63 bits per heavy atom. The highest BCUT2D eigenvalue weighted by atomic mass is 32.2. The van der Waals surface area contributed by atoms with Crippen molar-refractivity contribution >= 4 is 27.4 Å². The number of nitrogens with one attached hydrogen (secondary N) is 3. The number of rotatable bonds is 9. The highest BCUT2D eigenvalue weighted by Gasteiger charge is 2.21. The zero-order valence-corrected chi connectivity index (χ0v) is 21.2. The normalized spacial score (nSPS) is 15.8. The van der Waals surface area contributed by atoms with Gasteiger partial charge in [0.1, 0.15) is 17.4 Å². The number of ketones is 1. The predicted molar refractivity (Wildman–Crippen MR) is 138 cm³/mol. The van der Waals surface area contributed by atoms with E-state index in [9.17, 15) is 26.8 Å². The van der Waals surface area contributed by atoms with Gasteiger partial charge in [0.2, 0.25) is 0 Å². The molecule has 11 heteroatoms. The van der Waals surface area contributed by atoms with E-state index < -0.39 is 27.6 Å². The number of carbonyl (C=O) groups excluding carboxylic acids is 2. The van der Waals surface area contributed by atoms with Crippen molar-refractivity contribution in [3.8, 4) is 11.5 Å². The largest absolute Gasteiger partial charge is 0.455 e. The zero-order chi connectivity index (χ0) is 27.1. The molecule has 0 radical (unpaired) electrons. The van der Waals surface area contributed by atoms with Gasteiger partial charge in [-0.1, -0.05) is 12.8 Å². The number of hydrogen-bond donors (Lipinski definition) is 3. The molecule has 3 aromatic carbocycles. The van der Waals surface area contributed by atoms with E-state index in [2.05, 4.69) is 15.4 Å². The zero-order valence-electron chi connectivity index (χ0n) is 20.4. The maximum Gasteiger partial charge on any atom is 0.262 e. The van der Waals surface area contributed by atoms with E-state index in [4.69, 9.17) is 4.74 Å². The first-order valence-corrected chi connectivity index (χ1v) is 13.6. The molecule has 8 nitrogen and oxygen atoms in total. The molecule has 0 spiro atoms. The Morgan fingerprint density at radius 1 is 0.921 bits per heavy atom. The van der Waals surface area contributed by atoms with Crippen LogP contribution in [0, 0.1) is 11.6 Å². The van der Waals surface area contributed by atoms with Crippen LogP contribution in [-0.4, -0.2) is 39.2 Å². The van der Waals surface area contributed by atoms with Crippen LogP contribution < -0.4 is 20.1 Å². The van der Waals surface area contributed by atoms with Crippen molar-refractivity contribution in [2.24, 2.45) is 0 Å². The van der Waals surface area contributed by atoms with Crippen LogP contribution in [0.3, 0.4) is 0 Å². The monoisotopic (exact) mass is 543 g/mol. The Labute approximate surface area is 219 Å². The van der Waals surface area contributed by atoms with Crippen molar-refractivity contribution in [3.05, 3.63) is 83.9 Å². The Kier molecular flexibility index (Phi) is 8.70. The highest BCUT2D eigenvalue weighted by Crippen LogP contribution is 2.32. The molecule has 1 heterocycles. The average molecular weight is 544 g/mol. The number of sulfonamides is 1. The first kappa shape index (κ1) is 27.2. The maximum absolute atomic E-state index is 13.9. The van der Waals surface area contributed by atoms with E-state index in [-0.39, 0.29) is 46.0 Å². The second kappa shape index (κ2) is 12.1.